The summed E-state index contributed by atoms with van der Waals surface area (Å²) in [5.41, 5.74) is 0. The number of carbonyl (C=O) groups excluding carboxylic acids is 2. The quantitative estimate of drug-likeness (QED) is 0.592. The SMILES string of the molecule is O=C(CSCC(=O)N1CCN(S(=O)(=O)c2cc(Cl)ccc2Cl)CC1)N1CCOCC1. The van der Waals surface area contributed by atoms with Crippen LogP contribution in [0.4, 0.5) is 0 Å². The number of hydrogen-bond donors (Lipinski definition) is 0. The largest absolute Gasteiger partial charge is 0.378 e. The highest BCUT2D eigenvalue weighted by molar-refractivity contribution is 8.00. The zero-order valence-corrected chi connectivity index (χ0v) is 19.4. The molecule has 166 valence electrons. The zero-order valence-electron chi connectivity index (χ0n) is 16.3. The molecule has 8 nitrogen and oxygen atoms in total. The van der Waals surface area contributed by atoms with E-state index in [0.29, 0.717) is 26.3 Å². The van der Waals surface area contributed by atoms with Gasteiger partial charge in [0, 0.05) is 44.3 Å². The van der Waals surface area contributed by atoms with E-state index in [4.69, 9.17) is 27.9 Å². The number of piperazine rings is 1. The van der Waals surface area contributed by atoms with E-state index in [9.17, 15) is 18.0 Å². The number of ether oxygens (including phenoxy) is 1. The summed E-state index contributed by atoms with van der Waals surface area (Å²) in [5, 5.41) is 0.398. The van der Waals surface area contributed by atoms with Crippen LogP contribution in [0.3, 0.4) is 0 Å². The van der Waals surface area contributed by atoms with Crippen LogP contribution < -0.4 is 0 Å². The number of carbonyl (C=O) groups is 2. The monoisotopic (exact) mass is 495 g/mol. The van der Waals surface area contributed by atoms with E-state index in [1.54, 1.807) is 9.80 Å². The molecular weight excluding hydrogens is 473 g/mol. The number of sulfonamides is 1. The molecule has 0 aromatic heterocycles. The number of benzene rings is 1. The summed E-state index contributed by atoms with van der Waals surface area (Å²) in [6, 6.07) is 4.31. The third-order valence-electron chi connectivity index (χ3n) is 4.92. The fourth-order valence-electron chi connectivity index (χ4n) is 3.21. The van der Waals surface area contributed by atoms with Gasteiger partial charge in [-0.1, -0.05) is 23.2 Å². The van der Waals surface area contributed by atoms with Gasteiger partial charge in [0.15, 0.2) is 0 Å². The van der Waals surface area contributed by atoms with Gasteiger partial charge in [0.2, 0.25) is 21.8 Å². The maximum absolute atomic E-state index is 12.9. The number of morpholine rings is 1. The second-order valence-electron chi connectivity index (χ2n) is 6.85. The fraction of sp³-hybridized carbons (Fsp3) is 0.556. The van der Waals surface area contributed by atoms with Crippen molar-refractivity contribution < 1.29 is 22.7 Å². The van der Waals surface area contributed by atoms with E-state index in [0.717, 1.165) is 0 Å². The van der Waals surface area contributed by atoms with Crippen molar-refractivity contribution in [1.29, 1.82) is 0 Å². The van der Waals surface area contributed by atoms with Gasteiger partial charge in [-0.05, 0) is 18.2 Å². The molecular formula is C18H23Cl2N3O5S2. The Balaban J connectivity index is 1.47. The molecule has 2 fully saturated rings. The van der Waals surface area contributed by atoms with Crippen LogP contribution in [0, 0.1) is 0 Å². The first-order chi connectivity index (χ1) is 14.3. The van der Waals surface area contributed by atoms with Crippen molar-refractivity contribution in [2.75, 3.05) is 64.0 Å². The van der Waals surface area contributed by atoms with Crippen molar-refractivity contribution in [3.63, 3.8) is 0 Å². The lowest BCUT2D eigenvalue weighted by Gasteiger charge is -2.34. The van der Waals surface area contributed by atoms with Gasteiger partial charge in [0.05, 0.1) is 29.7 Å². The number of rotatable bonds is 6. The van der Waals surface area contributed by atoms with Crippen molar-refractivity contribution in [3.8, 4) is 0 Å². The molecule has 0 unspecified atom stereocenters. The Morgan fingerprint density at radius 3 is 2.10 bits per heavy atom. The Hall–Kier alpha value is -1.04. The predicted molar refractivity (Wildman–Crippen MR) is 117 cm³/mol. The van der Waals surface area contributed by atoms with Crippen molar-refractivity contribution in [1.82, 2.24) is 14.1 Å². The molecule has 0 N–H and O–H groups in total. The first-order valence-electron chi connectivity index (χ1n) is 9.45. The maximum Gasteiger partial charge on any atom is 0.244 e. The van der Waals surface area contributed by atoms with Gasteiger partial charge in [-0.3, -0.25) is 9.59 Å². The predicted octanol–water partition coefficient (Wildman–Crippen LogP) is 1.42. The van der Waals surface area contributed by atoms with Gasteiger partial charge in [0.25, 0.3) is 0 Å². The third kappa shape index (κ3) is 5.80. The lowest BCUT2D eigenvalue weighted by molar-refractivity contribution is -0.132. The second kappa shape index (κ2) is 10.5. The lowest BCUT2D eigenvalue weighted by atomic mass is 10.3. The summed E-state index contributed by atoms with van der Waals surface area (Å²) in [6.07, 6.45) is 0. The van der Waals surface area contributed by atoms with Gasteiger partial charge < -0.3 is 14.5 Å². The van der Waals surface area contributed by atoms with Crippen LogP contribution in [0.25, 0.3) is 0 Å². The van der Waals surface area contributed by atoms with E-state index >= 15 is 0 Å². The van der Waals surface area contributed by atoms with Crippen LogP contribution in [-0.2, 0) is 24.3 Å². The number of hydrogen-bond acceptors (Lipinski definition) is 6. The number of thioether (sulfide) groups is 1. The molecule has 0 radical (unpaired) electrons. The summed E-state index contributed by atoms with van der Waals surface area (Å²) >= 11 is 13.2. The summed E-state index contributed by atoms with van der Waals surface area (Å²) < 4.78 is 32.2. The van der Waals surface area contributed by atoms with E-state index in [1.807, 2.05) is 0 Å². The highest BCUT2D eigenvalue weighted by Crippen LogP contribution is 2.28. The van der Waals surface area contributed by atoms with Crippen LogP contribution in [0.5, 0.6) is 0 Å². The van der Waals surface area contributed by atoms with E-state index in [2.05, 4.69) is 0 Å². The summed E-state index contributed by atoms with van der Waals surface area (Å²) in [4.78, 5) is 27.9. The molecule has 0 saturated carbocycles. The standard InChI is InChI=1S/C18H23Cl2N3O5S2/c19-14-1-2-15(20)16(11-14)30(26,27)23-5-3-21(4-6-23)17(24)12-29-13-18(25)22-7-9-28-10-8-22/h1-2,11H,3-10,12-13H2. The smallest absolute Gasteiger partial charge is 0.244 e. The van der Waals surface area contributed by atoms with Crippen LogP contribution in [0.15, 0.2) is 23.1 Å². The van der Waals surface area contributed by atoms with Crippen LogP contribution in [0.2, 0.25) is 10.0 Å². The fourth-order valence-corrected chi connectivity index (χ4v) is 6.19. The Morgan fingerprint density at radius 2 is 1.50 bits per heavy atom. The van der Waals surface area contributed by atoms with Gasteiger partial charge in [-0.2, -0.15) is 4.31 Å². The lowest BCUT2D eigenvalue weighted by Crippen LogP contribution is -2.51. The molecule has 2 aliphatic rings. The van der Waals surface area contributed by atoms with Crippen LogP contribution >= 0.6 is 35.0 Å². The molecule has 30 heavy (non-hydrogen) atoms. The van der Waals surface area contributed by atoms with E-state index in [1.165, 1.54) is 34.3 Å². The van der Waals surface area contributed by atoms with E-state index in [-0.39, 0.29) is 64.4 Å². The molecule has 0 atom stereocenters. The molecule has 0 aliphatic carbocycles. The van der Waals surface area contributed by atoms with Gasteiger partial charge in [0.1, 0.15) is 4.90 Å². The first kappa shape index (κ1) is 23.6. The molecule has 12 heteroatoms. The molecule has 3 rings (SSSR count). The minimum atomic E-state index is -3.79. The summed E-state index contributed by atoms with van der Waals surface area (Å²) in [6.45, 7) is 3.18. The minimum Gasteiger partial charge on any atom is -0.378 e. The number of nitrogens with zero attached hydrogens (tertiary/aromatic N) is 3. The summed E-state index contributed by atoms with van der Waals surface area (Å²) in [5.74, 6) is 0.328. The Kier molecular flexibility index (Phi) is 8.28. The van der Waals surface area contributed by atoms with E-state index < -0.39 is 10.0 Å². The Morgan fingerprint density at radius 1 is 0.933 bits per heavy atom. The molecule has 1 aromatic carbocycles. The van der Waals surface area contributed by atoms with Crippen LogP contribution in [-0.4, -0.2) is 98.3 Å². The zero-order chi connectivity index (χ0) is 21.7. The second-order valence-corrected chi connectivity index (χ2v) is 10.6. The average molecular weight is 496 g/mol. The number of halogens is 2. The number of amides is 2. The third-order valence-corrected chi connectivity index (χ3v) is 8.43. The molecule has 0 bridgehead atoms. The van der Waals surface area contributed by atoms with Crippen molar-refractivity contribution in [2.45, 2.75) is 4.90 Å². The molecule has 0 spiro atoms. The van der Waals surface area contributed by atoms with Gasteiger partial charge in [-0.15, -0.1) is 11.8 Å². The topological polar surface area (TPSA) is 87.2 Å². The maximum atomic E-state index is 12.9. The van der Waals surface area contributed by atoms with Crippen molar-refractivity contribution >= 4 is 56.8 Å². The molecule has 2 heterocycles. The Labute approximate surface area is 190 Å². The first-order valence-corrected chi connectivity index (χ1v) is 12.8. The average Bonchev–Trinajstić information content (AvgIpc) is 2.76. The molecule has 2 saturated heterocycles. The van der Waals surface area contributed by atoms with Gasteiger partial charge in [-0.25, -0.2) is 8.42 Å². The highest BCUT2D eigenvalue weighted by Gasteiger charge is 2.31. The Bertz CT molecular complexity index is 886. The van der Waals surface area contributed by atoms with Crippen molar-refractivity contribution in [3.05, 3.63) is 28.2 Å². The van der Waals surface area contributed by atoms with Crippen molar-refractivity contribution in [2.24, 2.45) is 0 Å². The normalized spacial score (nSPS) is 18.5. The van der Waals surface area contributed by atoms with Crippen LogP contribution in [0.1, 0.15) is 0 Å². The highest BCUT2D eigenvalue weighted by atomic mass is 35.5. The van der Waals surface area contributed by atoms with Gasteiger partial charge >= 0.3 is 0 Å². The molecule has 2 amide bonds. The molecule has 2 aliphatic heterocycles. The molecule has 1 aromatic rings. The summed E-state index contributed by atoms with van der Waals surface area (Å²) in [7, 11) is -3.79. The minimum absolute atomic E-state index is 0.00501.